The van der Waals surface area contributed by atoms with Crippen molar-refractivity contribution in [2.24, 2.45) is 5.73 Å². The second kappa shape index (κ2) is 8.05. The molecule has 2 aromatic rings. The third-order valence-corrected chi connectivity index (χ3v) is 3.61. The number of primary amides is 1. The van der Waals surface area contributed by atoms with Crippen molar-refractivity contribution >= 4 is 23.2 Å². The lowest BCUT2D eigenvalue weighted by molar-refractivity contribution is -0.116. The number of hydrogen-bond acceptors (Lipinski definition) is 5. The smallest absolute Gasteiger partial charge is 0.248 e. The predicted molar refractivity (Wildman–Crippen MR) is 96.2 cm³/mol. The highest BCUT2D eigenvalue weighted by Gasteiger charge is 2.15. The van der Waals surface area contributed by atoms with Crippen LogP contribution in [-0.2, 0) is 4.79 Å². The zero-order valence-electron chi connectivity index (χ0n) is 14.3. The third-order valence-electron chi connectivity index (χ3n) is 3.61. The highest BCUT2D eigenvalue weighted by molar-refractivity contribution is 5.97. The molecule has 0 saturated carbocycles. The van der Waals surface area contributed by atoms with Gasteiger partial charge in [-0.15, -0.1) is 0 Å². The number of hydrogen-bond donors (Lipinski definition) is 3. The standard InChI is InChI=1S/C18H21N3O4/c1-11(20-15-9-8-14(24-2)10-16(15)25-3)18(23)21-13-6-4-12(5-7-13)17(19)22/h4-11,20H,1-3H3,(H2,19,22)(H,21,23)/t11-/m0/s1. The molecule has 2 amide bonds. The van der Waals surface area contributed by atoms with Crippen molar-refractivity contribution in [3.8, 4) is 11.5 Å². The van der Waals surface area contributed by atoms with Gasteiger partial charge in [-0.2, -0.15) is 0 Å². The lowest BCUT2D eigenvalue weighted by atomic mass is 10.2. The minimum Gasteiger partial charge on any atom is -0.497 e. The van der Waals surface area contributed by atoms with Gasteiger partial charge in [-0.3, -0.25) is 9.59 Å². The van der Waals surface area contributed by atoms with Crippen LogP contribution < -0.4 is 25.8 Å². The molecule has 0 aliphatic carbocycles. The Bertz CT molecular complexity index is 759. The summed E-state index contributed by atoms with van der Waals surface area (Å²) in [5.74, 6) is 0.489. The van der Waals surface area contributed by atoms with Crippen LogP contribution in [0.3, 0.4) is 0 Å². The molecule has 0 aromatic heterocycles. The van der Waals surface area contributed by atoms with Crippen LogP contribution in [0.5, 0.6) is 11.5 Å². The number of nitrogens with two attached hydrogens (primary N) is 1. The molecule has 0 heterocycles. The topological polar surface area (TPSA) is 103 Å². The van der Waals surface area contributed by atoms with E-state index < -0.39 is 11.9 Å². The molecule has 4 N–H and O–H groups in total. The number of benzene rings is 2. The number of carbonyl (C=O) groups is 2. The van der Waals surface area contributed by atoms with E-state index in [1.54, 1.807) is 63.6 Å². The lowest BCUT2D eigenvalue weighted by Crippen LogP contribution is -2.32. The molecule has 25 heavy (non-hydrogen) atoms. The SMILES string of the molecule is COc1ccc(N[C@@H](C)C(=O)Nc2ccc(C(N)=O)cc2)c(OC)c1. The van der Waals surface area contributed by atoms with E-state index in [1.807, 2.05) is 0 Å². The fourth-order valence-corrected chi connectivity index (χ4v) is 2.18. The van der Waals surface area contributed by atoms with Gasteiger partial charge in [-0.05, 0) is 43.3 Å². The number of anilines is 2. The fraction of sp³-hybridized carbons (Fsp3) is 0.222. The van der Waals surface area contributed by atoms with Crippen molar-refractivity contribution < 1.29 is 19.1 Å². The Morgan fingerprint density at radius 1 is 1.04 bits per heavy atom. The molecule has 7 heteroatoms. The second-order valence-electron chi connectivity index (χ2n) is 5.36. The number of carbonyl (C=O) groups excluding carboxylic acids is 2. The molecule has 2 rings (SSSR count). The van der Waals surface area contributed by atoms with E-state index in [9.17, 15) is 9.59 Å². The number of rotatable bonds is 7. The van der Waals surface area contributed by atoms with Crippen LogP contribution in [0.4, 0.5) is 11.4 Å². The Morgan fingerprint density at radius 2 is 1.72 bits per heavy atom. The normalized spacial score (nSPS) is 11.3. The Morgan fingerprint density at radius 3 is 2.28 bits per heavy atom. The highest BCUT2D eigenvalue weighted by atomic mass is 16.5. The van der Waals surface area contributed by atoms with Gasteiger partial charge in [-0.1, -0.05) is 0 Å². The van der Waals surface area contributed by atoms with E-state index in [2.05, 4.69) is 10.6 Å². The Kier molecular flexibility index (Phi) is 5.84. The molecule has 0 spiro atoms. The molecular weight excluding hydrogens is 322 g/mol. The first-order valence-electron chi connectivity index (χ1n) is 7.64. The fourth-order valence-electron chi connectivity index (χ4n) is 2.18. The molecule has 0 unspecified atom stereocenters. The van der Waals surface area contributed by atoms with Crippen molar-refractivity contribution in [2.75, 3.05) is 24.9 Å². The molecule has 0 aliphatic rings. The number of ether oxygens (including phenoxy) is 2. The van der Waals surface area contributed by atoms with Crippen LogP contribution in [0.15, 0.2) is 42.5 Å². The zero-order valence-corrected chi connectivity index (χ0v) is 14.3. The predicted octanol–water partition coefficient (Wildman–Crippen LogP) is 2.24. The maximum Gasteiger partial charge on any atom is 0.248 e. The van der Waals surface area contributed by atoms with Gasteiger partial charge in [0.1, 0.15) is 17.5 Å². The van der Waals surface area contributed by atoms with E-state index in [0.717, 1.165) is 0 Å². The van der Waals surface area contributed by atoms with E-state index in [1.165, 1.54) is 0 Å². The summed E-state index contributed by atoms with van der Waals surface area (Å²) in [5.41, 5.74) is 6.82. The van der Waals surface area contributed by atoms with E-state index in [0.29, 0.717) is 28.4 Å². The number of methoxy groups -OCH3 is 2. The third kappa shape index (κ3) is 4.63. The van der Waals surface area contributed by atoms with Gasteiger partial charge in [0.05, 0.1) is 19.9 Å². The quantitative estimate of drug-likeness (QED) is 0.715. The summed E-state index contributed by atoms with van der Waals surface area (Å²) in [6.07, 6.45) is 0. The van der Waals surface area contributed by atoms with Gasteiger partial charge in [0.2, 0.25) is 11.8 Å². The molecule has 132 valence electrons. The molecule has 1 atom stereocenters. The Hall–Kier alpha value is -3.22. The van der Waals surface area contributed by atoms with Gasteiger partial charge in [0.25, 0.3) is 0 Å². The van der Waals surface area contributed by atoms with Crippen LogP contribution in [0, 0.1) is 0 Å². The maximum absolute atomic E-state index is 12.3. The molecule has 0 radical (unpaired) electrons. The summed E-state index contributed by atoms with van der Waals surface area (Å²) >= 11 is 0. The molecule has 0 fully saturated rings. The molecule has 7 nitrogen and oxygen atoms in total. The second-order valence-corrected chi connectivity index (χ2v) is 5.36. The first-order chi connectivity index (χ1) is 11.9. The number of nitrogens with one attached hydrogen (secondary N) is 2. The van der Waals surface area contributed by atoms with Crippen molar-refractivity contribution in [3.05, 3.63) is 48.0 Å². The minimum atomic E-state index is -0.516. The van der Waals surface area contributed by atoms with E-state index in [4.69, 9.17) is 15.2 Å². The molecule has 0 bridgehead atoms. The Labute approximate surface area is 146 Å². The summed E-state index contributed by atoms with van der Waals surface area (Å²) < 4.78 is 10.5. The summed E-state index contributed by atoms with van der Waals surface area (Å²) in [6.45, 7) is 1.73. The van der Waals surface area contributed by atoms with Crippen molar-refractivity contribution in [2.45, 2.75) is 13.0 Å². The largest absolute Gasteiger partial charge is 0.497 e. The van der Waals surface area contributed by atoms with Gasteiger partial charge in [0.15, 0.2) is 0 Å². The van der Waals surface area contributed by atoms with Crippen LogP contribution in [0.2, 0.25) is 0 Å². The number of amides is 2. The minimum absolute atomic E-state index is 0.232. The van der Waals surface area contributed by atoms with Crippen molar-refractivity contribution in [1.29, 1.82) is 0 Å². The average molecular weight is 343 g/mol. The highest BCUT2D eigenvalue weighted by Crippen LogP contribution is 2.29. The van der Waals surface area contributed by atoms with E-state index >= 15 is 0 Å². The van der Waals surface area contributed by atoms with Gasteiger partial charge in [-0.25, -0.2) is 0 Å². The molecular formula is C18H21N3O4. The van der Waals surface area contributed by atoms with E-state index in [-0.39, 0.29) is 5.91 Å². The summed E-state index contributed by atoms with van der Waals surface area (Å²) in [4.78, 5) is 23.4. The summed E-state index contributed by atoms with van der Waals surface area (Å²) in [6, 6.07) is 11.1. The van der Waals surface area contributed by atoms with Crippen LogP contribution >= 0.6 is 0 Å². The van der Waals surface area contributed by atoms with Crippen LogP contribution in [0.1, 0.15) is 17.3 Å². The molecule has 0 saturated heterocycles. The van der Waals surface area contributed by atoms with Gasteiger partial charge in [0, 0.05) is 17.3 Å². The van der Waals surface area contributed by atoms with Crippen molar-refractivity contribution in [1.82, 2.24) is 0 Å². The average Bonchev–Trinajstić information content (AvgIpc) is 2.62. The first kappa shape index (κ1) is 18.1. The monoisotopic (exact) mass is 343 g/mol. The first-order valence-corrected chi connectivity index (χ1v) is 7.64. The summed E-state index contributed by atoms with van der Waals surface area (Å²) in [7, 11) is 3.12. The molecule has 2 aromatic carbocycles. The molecule has 0 aliphatic heterocycles. The van der Waals surface area contributed by atoms with Crippen LogP contribution in [0.25, 0.3) is 0 Å². The zero-order chi connectivity index (χ0) is 18.4. The van der Waals surface area contributed by atoms with Gasteiger partial charge < -0.3 is 25.8 Å². The van der Waals surface area contributed by atoms with Gasteiger partial charge >= 0.3 is 0 Å². The lowest BCUT2D eigenvalue weighted by Gasteiger charge is -2.18. The Balaban J connectivity index is 2.04. The van der Waals surface area contributed by atoms with Crippen LogP contribution in [-0.4, -0.2) is 32.1 Å². The van der Waals surface area contributed by atoms with Crippen molar-refractivity contribution in [3.63, 3.8) is 0 Å². The maximum atomic E-state index is 12.3. The summed E-state index contributed by atoms with van der Waals surface area (Å²) in [5, 5.41) is 5.86.